The normalized spacial score (nSPS) is 35.1. The summed E-state index contributed by atoms with van der Waals surface area (Å²) in [6.07, 6.45) is 2.35. The van der Waals surface area contributed by atoms with Gasteiger partial charge >= 0.3 is 0 Å². The molecule has 0 aliphatic heterocycles. The molecule has 0 spiro atoms. The Bertz CT molecular complexity index is 470. The number of hydrogen-bond acceptors (Lipinski definition) is 2. The lowest BCUT2D eigenvalue weighted by Gasteiger charge is -2.37. The first-order valence-corrected chi connectivity index (χ1v) is 6.56. The van der Waals surface area contributed by atoms with E-state index in [1.807, 2.05) is 6.92 Å². The lowest BCUT2D eigenvalue weighted by atomic mass is 9.70. The molecular weight excluding hydrogens is 210 g/mol. The SMILES string of the molecule is CC(C)(C)c1ccc2c(n1)C(C)(O)C1CCC21. The lowest BCUT2D eigenvalue weighted by molar-refractivity contribution is -0.0362. The summed E-state index contributed by atoms with van der Waals surface area (Å²) in [6.45, 7) is 8.44. The predicted molar refractivity (Wildman–Crippen MR) is 68.0 cm³/mol. The van der Waals surface area contributed by atoms with Gasteiger partial charge in [-0.3, -0.25) is 4.98 Å². The third-order valence-electron chi connectivity index (χ3n) is 4.57. The van der Waals surface area contributed by atoms with Crippen molar-refractivity contribution in [3.63, 3.8) is 0 Å². The van der Waals surface area contributed by atoms with E-state index < -0.39 is 5.60 Å². The minimum atomic E-state index is -0.709. The minimum Gasteiger partial charge on any atom is -0.384 e. The predicted octanol–water partition coefficient (Wildman–Crippen LogP) is 3.09. The molecule has 2 heteroatoms. The molecule has 0 saturated heterocycles. The van der Waals surface area contributed by atoms with E-state index in [9.17, 15) is 5.11 Å². The van der Waals surface area contributed by atoms with Crippen LogP contribution in [0.3, 0.4) is 0 Å². The van der Waals surface area contributed by atoms with Crippen LogP contribution in [0.2, 0.25) is 0 Å². The zero-order valence-electron chi connectivity index (χ0n) is 11.1. The number of aliphatic hydroxyl groups is 1. The lowest BCUT2D eigenvalue weighted by Crippen LogP contribution is -2.35. The molecule has 0 amide bonds. The Hall–Kier alpha value is -0.890. The van der Waals surface area contributed by atoms with Gasteiger partial charge in [0.2, 0.25) is 0 Å². The fraction of sp³-hybridized carbons (Fsp3) is 0.667. The van der Waals surface area contributed by atoms with Crippen molar-refractivity contribution in [2.24, 2.45) is 5.92 Å². The average molecular weight is 231 g/mol. The number of hydrogen-bond donors (Lipinski definition) is 1. The molecule has 3 atom stereocenters. The van der Waals surface area contributed by atoms with E-state index in [-0.39, 0.29) is 5.41 Å². The molecule has 3 rings (SSSR count). The Balaban J connectivity index is 2.13. The average Bonchev–Trinajstić information content (AvgIpc) is 2.27. The van der Waals surface area contributed by atoms with Crippen LogP contribution in [0.4, 0.5) is 0 Å². The van der Waals surface area contributed by atoms with Crippen LogP contribution in [0.15, 0.2) is 12.1 Å². The van der Waals surface area contributed by atoms with Gasteiger partial charge in [-0.1, -0.05) is 26.8 Å². The minimum absolute atomic E-state index is 0.0484. The van der Waals surface area contributed by atoms with Gasteiger partial charge < -0.3 is 5.11 Å². The first-order chi connectivity index (χ1) is 7.82. The summed E-state index contributed by atoms with van der Waals surface area (Å²) in [5, 5.41) is 10.7. The first kappa shape index (κ1) is 11.2. The molecule has 1 saturated carbocycles. The molecule has 0 radical (unpaired) electrons. The van der Waals surface area contributed by atoms with Gasteiger partial charge in [-0.15, -0.1) is 0 Å². The van der Waals surface area contributed by atoms with E-state index in [0.29, 0.717) is 11.8 Å². The molecule has 2 aliphatic carbocycles. The van der Waals surface area contributed by atoms with E-state index >= 15 is 0 Å². The van der Waals surface area contributed by atoms with Crippen molar-refractivity contribution < 1.29 is 5.11 Å². The van der Waals surface area contributed by atoms with Crippen molar-refractivity contribution in [3.8, 4) is 0 Å². The largest absolute Gasteiger partial charge is 0.384 e. The van der Waals surface area contributed by atoms with Crippen LogP contribution in [-0.2, 0) is 11.0 Å². The second kappa shape index (κ2) is 3.11. The highest BCUT2D eigenvalue weighted by atomic mass is 16.3. The Morgan fingerprint density at radius 1 is 1.29 bits per heavy atom. The van der Waals surface area contributed by atoms with E-state index in [1.54, 1.807) is 0 Å². The standard InChI is InChI=1S/C15H21NO/c1-14(2,3)12-8-6-10-9-5-7-11(9)15(4,17)13(10)16-12/h6,8-9,11,17H,5,7H2,1-4H3. The zero-order valence-corrected chi connectivity index (χ0v) is 11.1. The van der Waals surface area contributed by atoms with E-state index in [2.05, 4.69) is 32.9 Å². The summed E-state index contributed by atoms with van der Waals surface area (Å²) in [4.78, 5) is 4.77. The van der Waals surface area contributed by atoms with Gasteiger partial charge in [-0.05, 0) is 37.3 Å². The number of fused-ring (bicyclic) bond motifs is 3. The van der Waals surface area contributed by atoms with Gasteiger partial charge in [0.1, 0.15) is 5.60 Å². The van der Waals surface area contributed by atoms with Gasteiger partial charge in [0.25, 0.3) is 0 Å². The second-order valence-electron chi connectivity index (χ2n) is 6.82. The maximum atomic E-state index is 10.7. The Labute approximate surface area is 103 Å². The molecule has 92 valence electrons. The first-order valence-electron chi connectivity index (χ1n) is 6.56. The van der Waals surface area contributed by atoms with Crippen LogP contribution in [0.1, 0.15) is 63.4 Å². The van der Waals surface area contributed by atoms with Crippen LogP contribution >= 0.6 is 0 Å². The van der Waals surface area contributed by atoms with Crippen LogP contribution < -0.4 is 0 Å². The van der Waals surface area contributed by atoms with Crippen LogP contribution in [0.5, 0.6) is 0 Å². The van der Waals surface area contributed by atoms with Crippen molar-refractivity contribution in [2.45, 2.75) is 57.5 Å². The molecule has 0 aromatic carbocycles. The fourth-order valence-corrected chi connectivity index (χ4v) is 3.31. The zero-order chi connectivity index (χ0) is 12.4. The summed E-state index contributed by atoms with van der Waals surface area (Å²) < 4.78 is 0. The van der Waals surface area contributed by atoms with Crippen LogP contribution in [0, 0.1) is 5.92 Å². The number of aromatic nitrogens is 1. The molecule has 0 bridgehead atoms. The molecule has 1 aromatic rings. The van der Waals surface area contributed by atoms with E-state index in [4.69, 9.17) is 4.98 Å². The van der Waals surface area contributed by atoms with E-state index in [1.165, 1.54) is 12.0 Å². The summed E-state index contributed by atoms with van der Waals surface area (Å²) >= 11 is 0. The number of nitrogens with zero attached hydrogens (tertiary/aromatic N) is 1. The maximum absolute atomic E-state index is 10.7. The summed E-state index contributed by atoms with van der Waals surface area (Å²) in [5.74, 6) is 0.960. The monoisotopic (exact) mass is 231 g/mol. The molecule has 1 N–H and O–H groups in total. The molecule has 1 heterocycles. The third-order valence-corrected chi connectivity index (χ3v) is 4.57. The second-order valence-corrected chi connectivity index (χ2v) is 6.82. The van der Waals surface area contributed by atoms with Crippen LogP contribution in [0.25, 0.3) is 0 Å². The molecular formula is C15H21NO. The van der Waals surface area contributed by atoms with Gasteiger partial charge in [-0.25, -0.2) is 0 Å². The molecule has 1 aromatic heterocycles. The highest BCUT2D eigenvalue weighted by Crippen LogP contribution is 2.58. The van der Waals surface area contributed by atoms with Gasteiger partial charge in [-0.2, -0.15) is 0 Å². The van der Waals surface area contributed by atoms with Crippen molar-refractivity contribution in [1.29, 1.82) is 0 Å². The maximum Gasteiger partial charge on any atom is 0.107 e. The van der Waals surface area contributed by atoms with Crippen molar-refractivity contribution in [3.05, 3.63) is 29.1 Å². The smallest absolute Gasteiger partial charge is 0.107 e. The summed E-state index contributed by atoms with van der Waals surface area (Å²) in [5.41, 5.74) is 2.65. The number of pyridine rings is 1. The topological polar surface area (TPSA) is 33.1 Å². The molecule has 2 aliphatic rings. The van der Waals surface area contributed by atoms with Crippen molar-refractivity contribution in [1.82, 2.24) is 4.98 Å². The molecule has 2 nitrogen and oxygen atoms in total. The number of rotatable bonds is 0. The highest BCUT2D eigenvalue weighted by Gasteiger charge is 2.53. The molecule has 1 fully saturated rings. The Kier molecular flexibility index (Phi) is 2.05. The quantitative estimate of drug-likeness (QED) is 0.744. The Morgan fingerprint density at radius 2 is 2.00 bits per heavy atom. The molecule has 3 unspecified atom stereocenters. The molecule has 17 heavy (non-hydrogen) atoms. The van der Waals surface area contributed by atoms with E-state index in [0.717, 1.165) is 17.8 Å². The fourth-order valence-electron chi connectivity index (χ4n) is 3.31. The van der Waals surface area contributed by atoms with Gasteiger partial charge in [0.05, 0.1) is 5.69 Å². The summed E-state index contributed by atoms with van der Waals surface area (Å²) in [6, 6.07) is 4.33. The van der Waals surface area contributed by atoms with Crippen LogP contribution in [-0.4, -0.2) is 10.1 Å². The summed E-state index contributed by atoms with van der Waals surface area (Å²) in [7, 11) is 0. The van der Waals surface area contributed by atoms with Crippen molar-refractivity contribution >= 4 is 0 Å². The third kappa shape index (κ3) is 1.40. The highest BCUT2D eigenvalue weighted by molar-refractivity contribution is 5.41. The van der Waals surface area contributed by atoms with Gasteiger partial charge in [0, 0.05) is 17.0 Å². The van der Waals surface area contributed by atoms with Crippen molar-refractivity contribution in [2.75, 3.05) is 0 Å². The van der Waals surface area contributed by atoms with Gasteiger partial charge in [0.15, 0.2) is 0 Å². The Morgan fingerprint density at radius 3 is 2.53 bits per heavy atom.